The Hall–Kier alpha value is -2.33. The van der Waals surface area contributed by atoms with Gasteiger partial charge in [0, 0.05) is 5.56 Å². The van der Waals surface area contributed by atoms with Crippen molar-refractivity contribution >= 4 is 28.8 Å². The van der Waals surface area contributed by atoms with Gasteiger partial charge in [0.05, 0.1) is 11.5 Å². The summed E-state index contributed by atoms with van der Waals surface area (Å²) in [6.45, 7) is 4.61. The van der Waals surface area contributed by atoms with Gasteiger partial charge in [-0.2, -0.15) is 0 Å². The monoisotopic (exact) mass is 323 g/mol. The first-order valence-corrected chi connectivity index (χ1v) is 8.30. The predicted octanol–water partition coefficient (Wildman–Crippen LogP) is 4.45. The van der Waals surface area contributed by atoms with Gasteiger partial charge < -0.3 is 4.74 Å². The Bertz CT molecular complexity index is 794. The van der Waals surface area contributed by atoms with Crippen molar-refractivity contribution in [2.45, 2.75) is 13.8 Å². The molecule has 0 atom stereocenters. The highest BCUT2D eigenvalue weighted by Crippen LogP contribution is 2.32. The predicted molar refractivity (Wildman–Crippen MR) is 95.9 cm³/mol. The minimum atomic E-state index is -0.180. The molecule has 1 aliphatic heterocycles. The molecule has 1 amide bonds. The molecule has 23 heavy (non-hydrogen) atoms. The van der Waals surface area contributed by atoms with E-state index in [9.17, 15) is 4.79 Å². The number of carbonyl (C=O) groups is 1. The molecular formula is C19H17NO2S. The fourth-order valence-corrected chi connectivity index (χ4v) is 3.26. The van der Waals surface area contributed by atoms with E-state index in [0.717, 1.165) is 27.5 Å². The lowest BCUT2D eigenvalue weighted by Gasteiger charge is -2.07. The van der Waals surface area contributed by atoms with E-state index in [1.807, 2.05) is 68.5 Å². The quantitative estimate of drug-likeness (QED) is 0.780. The second kappa shape index (κ2) is 6.84. The van der Waals surface area contributed by atoms with Crippen LogP contribution < -0.4 is 4.74 Å². The van der Waals surface area contributed by atoms with E-state index in [0.29, 0.717) is 11.5 Å². The van der Waals surface area contributed by atoms with Crippen LogP contribution in [0, 0.1) is 6.92 Å². The minimum Gasteiger partial charge on any atom is -0.494 e. The van der Waals surface area contributed by atoms with E-state index in [-0.39, 0.29) is 5.91 Å². The van der Waals surface area contributed by atoms with Crippen LogP contribution in [0.3, 0.4) is 0 Å². The molecule has 3 nitrogen and oxygen atoms in total. The maximum atomic E-state index is 12.1. The molecule has 0 fully saturated rings. The van der Waals surface area contributed by atoms with Crippen LogP contribution in [0.25, 0.3) is 6.08 Å². The molecule has 2 aromatic rings. The van der Waals surface area contributed by atoms with Gasteiger partial charge in [-0.25, -0.2) is 4.99 Å². The molecule has 4 heteroatoms. The number of carbonyl (C=O) groups excluding carboxylic acids is 1. The van der Waals surface area contributed by atoms with Crippen molar-refractivity contribution in [3.05, 3.63) is 70.1 Å². The summed E-state index contributed by atoms with van der Waals surface area (Å²) in [7, 11) is 0. The molecule has 0 radical (unpaired) electrons. The average molecular weight is 323 g/mol. The molecule has 0 aromatic heterocycles. The van der Waals surface area contributed by atoms with Gasteiger partial charge in [-0.15, -0.1) is 0 Å². The number of thioether (sulfide) groups is 1. The van der Waals surface area contributed by atoms with Crippen molar-refractivity contribution in [1.29, 1.82) is 0 Å². The summed E-state index contributed by atoms with van der Waals surface area (Å²) in [6, 6.07) is 15.7. The Kier molecular flexibility index (Phi) is 4.63. The van der Waals surface area contributed by atoms with Gasteiger partial charge in [0.25, 0.3) is 5.91 Å². The zero-order valence-corrected chi connectivity index (χ0v) is 13.9. The maximum absolute atomic E-state index is 12.1. The molecule has 0 N–H and O–H groups in total. The van der Waals surface area contributed by atoms with E-state index in [4.69, 9.17) is 4.74 Å². The van der Waals surface area contributed by atoms with E-state index in [2.05, 4.69) is 4.99 Å². The van der Waals surface area contributed by atoms with Crippen LogP contribution in [0.15, 0.2) is 58.4 Å². The molecule has 0 saturated heterocycles. The summed E-state index contributed by atoms with van der Waals surface area (Å²) >= 11 is 1.42. The van der Waals surface area contributed by atoms with Crippen LogP contribution in [0.2, 0.25) is 0 Å². The highest BCUT2D eigenvalue weighted by molar-refractivity contribution is 8.19. The SMILES string of the molecule is CCOc1ccc(/C=C2/SC(c3ccccc3)=NC2=O)cc1C. The normalized spacial score (nSPS) is 15.8. The molecule has 0 saturated carbocycles. The molecule has 0 aliphatic carbocycles. The van der Waals surface area contributed by atoms with Crippen molar-refractivity contribution < 1.29 is 9.53 Å². The third-order valence-electron chi connectivity index (χ3n) is 3.44. The molecule has 2 aromatic carbocycles. The van der Waals surface area contributed by atoms with Crippen molar-refractivity contribution in [1.82, 2.24) is 0 Å². The molecule has 0 spiro atoms. The fourth-order valence-electron chi connectivity index (χ4n) is 2.34. The van der Waals surface area contributed by atoms with Gasteiger partial charge in [0.1, 0.15) is 10.8 Å². The summed E-state index contributed by atoms with van der Waals surface area (Å²) in [5.41, 5.74) is 3.00. The topological polar surface area (TPSA) is 38.7 Å². The van der Waals surface area contributed by atoms with Crippen LogP contribution in [-0.2, 0) is 4.79 Å². The Morgan fingerprint density at radius 1 is 1.17 bits per heavy atom. The van der Waals surface area contributed by atoms with Crippen molar-refractivity contribution in [2.24, 2.45) is 4.99 Å². The molecule has 3 rings (SSSR count). The second-order valence-corrected chi connectivity index (χ2v) is 6.19. The zero-order valence-electron chi connectivity index (χ0n) is 13.1. The first-order chi connectivity index (χ1) is 11.2. The van der Waals surface area contributed by atoms with Gasteiger partial charge in [-0.1, -0.05) is 48.2 Å². The summed E-state index contributed by atoms with van der Waals surface area (Å²) in [6.07, 6.45) is 1.88. The van der Waals surface area contributed by atoms with Crippen molar-refractivity contribution in [3.8, 4) is 5.75 Å². The van der Waals surface area contributed by atoms with Crippen molar-refractivity contribution in [2.75, 3.05) is 6.61 Å². The van der Waals surface area contributed by atoms with Crippen LogP contribution in [0.5, 0.6) is 5.75 Å². The Morgan fingerprint density at radius 3 is 2.65 bits per heavy atom. The van der Waals surface area contributed by atoms with Gasteiger partial charge in [-0.05, 0) is 43.2 Å². The third kappa shape index (κ3) is 3.54. The smallest absolute Gasteiger partial charge is 0.284 e. The van der Waals surface area contributed by atoms with Gasteiger partial charge in [0.2, 0.25) is 0 Å². The Morgan fingerprint density at radius 2 is 1.96 bits per heavy atom. The van der Waals surface area contributed by atoms with Crippen LogP contribution in [0.1, 0.15) is 23.6 Å². The zero-order chi connectivity index (χ0) is 16.2. The van der Waals surface area contributed by atoms with Gasteiger partial charge in [0.15, 0.2) is 0 Å². The molecule has 1 heterocycles. The highest BCUT2D eigenvalue weighted by atomic mass is 32.2. The summed E-state index contributed by atoms with van der Waals surface area (Å²) in [5.74, 6) is 0.696. The van der Waals surface area contributed by atoms with E-state index >= 15 is 0 Å². The highest BCUT2D eigenvalue weighted by Gasteiger charge is 2.22. The largest absolute Gasteiger partial charge is 0.494 e. The number of ether oxygens (including phenoxy) is 1. The van der Waals surface area contributed by atoms with Crippen LogP contribution >= 0.6 is 11.8 Å². The van der Waals surface area contributed by atoms with E-state index < -0.39 is 0 Å². The molecule has 0 bridgehead atoms. The van der Waals surface area contributed by atoms with Gasteiger partial charge in [-0.3, -0.25) is 4.79 Å². The third-order valence-corrected chi connectivity index (χ3v) is 4.47. The lowest BCUT2D eigenvalue weighted by molar-refractivity contribution is -0.113. The number of hydrogen-bond donors (Lipinski definition) is 0. The number of benzene rings is 2. The lowest BCUT2D eigenvalue weighted by Crippen LogP contribution is -1.94. The maximum Gasteiger partial charge on any atom is 0.284 e. The molecule has 116 valence electrons. The molecule has 1 aliphatic rings. The Balaban J connectivity index is 1.82. The molecular weight excluding hydrogens is 306 g/mol. The number of aryl methyl sites for hydroxylation is 1. The number of amides is 1. The number of nitrogens with zero attached hydrogens (tertiary/aromatic N) is 1. The number of hydrogen-bond acceptors (Lipinski definition) is 3. The lowest BCUT2D eigenvalue weighted by atomic mass is 10.1. The van der Waals surface area contributed by atoms with E-state index in [1.54, 1.807) is 0 Å². The molecule has 0 unspecified atom stereocenters. The first-order valence-electron chi connectivity index (χ1n) is 7.49. The van der Waals surface area contributed by atoms with Gasteiger partial charge >= 0.3 is 0 Å². The van der Waals surface area contributed by atoms with Crippen LogP contribution in [0.4, 0.5) is 0 Å². The van der Waals surface area contributed by atoms with E-state index in [1.165, 1.54) is 11.8 Å². The summed E-state index contributed by atoms with van der Waals surface area (Å²) in [5, 5.41) is 0.754. The van der Waals surface area contributed by atoms with Crippen LogP contribution in [-0.4, -0.2) is 17.6 Å². The van der Waals surface area contributed by atoms with Crippen molar-refractivity contribution in [3.63, 3.8) is 0 Å². The standard InChI is InChI=1S/C19H17NO2S/c1-3-22-16-10-9-14(11-13(16)2)12-17-18(21)20-19(23-17)15-7-5-4-6-8-15/h4-12H,3H2,1-2H3/b17-12+. The first kappa shape index (κ1) is 15.6. The fraction of sp³-hybridized carbons (Fsp3) is 0.158. The minimum absolute atomic E-state index is 0.180. The second-order valence-electron chi connectivity index (χ2n) is 5.16. The number of aliphatic imine (C=N–C) groups is 1. The summed E-state index contributed by atoms with van der Waals surface area (Å²) in [4.78, 5) is 16.9. The summed E-state index contributed by atoms with van der Waals surface area (Å²) < 4.78 is 5.54. The average Bonchev–Trinajstić information content (AvgIpc) is 2.92. The number of rotatable bonds is 4. The Labute approximate surface area is 140 Å².